The molecule has 2 atom stereocenters. The summed E-state index contributed by atoms with van der Waals surface area (Å²) in [5.41, 5.74) is 6.12. The molecule has 2 saturated heterocycles. The van der Waals surface area contributed by atoms with Crippen LogP contribution in [0, 0.1) is 5.41 Å². The second-order valence-electron chi connectivity index (χ2n) is 6.43. The number of amidine groups is 1. The molecule has 2 aliphatic rings. The van der Waals surface area contributed by atoms with Crippen molar-refractivity contribution in [3.63, 3.8) is 0 Å². The Hall–Kier alpha value is -2.12. The van der Waals surface area contributed by atoms with Gasteiger partial charge in [-0.15, -0.1) is 0 Å². The van der Waals surface area contributed by atoms with E-state index in [1.807, 2.05) is 11.0 Å². The molecule has 2 aliphatic heterocycles. The van der Waals surface area contributed by atoms with Crippen LogP contribution < -0.4 is 15.8 Å². The average Bonchev–Trinajstić information content (AvgIpc) is 3.03. The van der Waals surface area contributed by atoms with Crippen LogP contribution in [0.5, 0.6) is 5.75 Å². The van der Waals surface area contributed by atoms with Gasteiger partial charge in [-0.2, -0.15) is 0 Å². The Labute approximate surface area is 141 Å². The Morgan fingerprint density at radius 1 is 1.38 bits per heavy atom. The average molecular weight is 332 g/mol. The zero-order chi connectivity index (χ0) is 17.1. The molecule has 0 saturated carbocycles. The number of nitrogens with zero attached hydrogens (tertiary/aromatic N) is 1. The van der Waals surface area contributed by atoms with Gasteiger partial charge >= 0.3 is 0 Å². The molecule has 1 aromatic carbocycles. The fourth-order valence-electron chi connectivity index (χ4n) is 3.22. The zero-order valence-corrected chi connectivity index (χ0v) is 13.6. The fraction of sp³-hybridized carbons (Fsp3) is 0.529. The summed E-state index contributed by atoms with van der Waals surface area (Å²) in [5.74, 6) is 0.750. The van der Waals surface area contributed by atoms with Crippen molar-refractivity contribution in [2.24, 2.45) is 5.73 Å². The number of nitrogens with two attached hydrogens (primary N) is 1. The Kier molecular flexibility index (Phi) is 5.01. The van der Waals surface area contributed by atoms with Crippen molar-refractivity contribution in [3.05, 3.63) is 29.8 Å². The lowest BCUT2D eigenvalue weighted by Gasteiger charge is -2.31. The van der Waals surface area contributed by atoms with Crippen molar-refractivity contribution in [2.75, 3.05) is 19.6 Å². The van der Waals surface area contributed by atoms with Crippen molar-refractivity contribution in [1.82, 2.24) is 10.2 Å². The van der Waals surface area contributed by atoms with Crippen LogP contribution in [-0.2, 0) is 4.79 Å². The SMILES string of the molecule is N=C(N)c1cccc(O[C@H]2CN[C@H](C(=O)N3CCC(O)CC3)C2)c1. The van der Waals surface area contributed by atoms with E-state index in [4.69, 9.17) is 15.9 Å². The van der Waals surface area contributed by atoms with E-state index in [1.165, 1.54) is 0 Å². The molecule has 0 unspecified atom stereocenters. The van der Waals surface area contributed by atoms with Crippen LogP contribution in [0.15, 0.2) is 24.3 Å². The molecule has 2 fully saturated rings. The summed E-state index contributed by atoms with van der Waals surface area (Å²) in [5, 5.41) is 20.2. The number of carbonyl (C=O) groups is 1. The highest BCUT2D eigenvalue weighted by Crippen LogP contribution is 2.20. The Morgan fingerprint density at radius 3 is 2.83 bits per heavy atom. The van der Waals surface area contributed by atoms with Gasteiger partial charge in [0.1, 0.15) is 17.7 Å². The van der Waals surface area contributed by atoms with Gasteiger partial charge in [-0.05, 0) is 25.0 Å². The van der Waals surface area contributed by atoms with Crippen LogP contribution in [0.25, 0.3) is 0 Å². The van der Waals surface area contributed by atoms with Crippen LogP contribution in [-0.4, -0.2) is 59.6 Å². The molecule has 1 aromatic rings. The number of aliphatic hydroxyl groups is 1. The van der Waals surface area contributed by atoms with Crippen molar-refractivity contribution < 1.29 is 14.6 Å². The van der Waals surface area contributed by atoms with Gasteiger partial charge in [-0.1, -0.05) is 12.1 Å². The van der Waals surface area contributed by atoms with Gasteiger partial charge in [0.15, 0.2) is 0 Å². The van der Waals surface area contributed by atoms with Crippen LogP contribution in [0.4, 0.5) is 0 Å². The highest BCUT2D eigenvalue weighted by Gasteiger charge is 2.34. The van der Waals surface area contributed by atoms with Gasteiger partial charge < -0.3 is 25.8 Å². The molecule has 2 heterocycles. The van der Waals surface area contributed by atoms with Crippen molar-refractivity contribution in [1.29, 1.82) is 5.41 Å². The first-order chi connectivity index (χ1) is 11.5. The molecular formula is C17H24N4O3. The smallest absolute Gasteiger partial charge is 0.239 e. The lowest BCUT2D eigenvalue weighted by molar-refractivity contribution is -0.135. The molecule has 1 amide bonds. The monoisotopic (exact) mass is 332 g/mol. The van der Waals surface area contributed by atoms with Crippen molar-refractivity contribution in [3.8, 4) is 5.75 Å². The second-order valence-corrected chi connectivity index (χ2v) is 6.43. The maximum Gasteiger partial charge on any atom is 0.239 e. The van der Waals surface area contributed by atoms with Crippen LogP contribution >= 0.6 is 0 Å². The van der Waals surface area contributed by atoms with Gasteiger partial charge in [-0.25, -0.2) is 0 Å². The molecule has 0 spiro atoms. The maximum absolute atomic E-state index is 12.5. The minimum atomic E-state index is -0.282. The summed E-state index contributed by atoms with van der Waals surface area (Å²) in [6, 6.07) is 6.90. The predicted molar refractivity (Wildman–Crippen MR) is 90.1 cm³/mol. The van der Waals surface area contributed by atoms with Crippen LogP contribution in [0.3, 0.4) is 0 Å². The molecular weight excluding hydrogens is 308 g/mol. The second kappa shape index (κ2) is 7.19. The molecule has 0 bridgehead atoms. The number of likely N-dealkylation sites (tertiary alicyclic amines) is 1. The molecule has 7 heteroatoms. The Balaban J connectivity index is 1.54. The number of benzene rings is 1. The largest absolute Gasteiger partial charge is 0.489 e. The van der Waals surface area contributed by atoms with E-state index < -0.39 is 0 Å². The normalized spacial score (nSPS) is 24.8. The molecule has 3 rings (SSSR count). The summed E-state index contributed by atoms with van der Waals surface area (Å²) in [6.07, 6.45) is 1.54. The molecule has 5 N–H and O–H groups in total. The third kappa shape index (κ3) is 3.85. The molecule has 130 valence electrons. The van der Waals surface area contributed by atoms with Gasteiger partial charge in [0.25, 0.3) is 0 Å². The van der Waals surface area contributed by atoms with E-state index in [2.05, 4.69) is 5.32 Å². The number of carbonyl (C=O) groups excluding carboxylic acids is 1. The minimum absolute atomic E-state index is 0.00494. The first-order valence-corrected chi connectivity index (χ1v) is 8.34. The topological polar surface area (TPSA) is 112 Å². The number of aliphatic hydroxyl groups excluding tert-OH is 1. The van der Waals surface area contributed by atoms with E-state index in [0.29, 0.717) is 50.2 Å². The first-order valence-electron chi connectivity index (χ1n) is 8.34. The van der Waals surface area contributed by atoms with E-state index in [-0.39, 0.29) is 30.0 Å². The lowest BCUT2D eigenvalue weighted by atomic mass is 10.1. The standard InChI is InChI=1S/C17H24N4O3/c18-16(19)11-2-1-3-13(8-11)24-14-9-15(20-10-14)17(23)21-6-4-12(22)5-7-21/h1-3,8,12,14-15,20,22H,4-7,9-10H2,(H3,18,19)/t14-,15+/m1/s1. The van der Waals surface area contributed by atoms with E-state index in [0.717, 1.165) is 0 Å². The summed E-state index contributed by atoms with van der Waals surface area (Å²) >= 11 is 0. The summed E-state index contributed by atoms with van der Waals surface area (Å²) < 4.78 is 5.93. The predicted octanol–water partition coefficient (Wildman–Crippen LogP) is 0.0633. The zero-order valence-electron chi connectivity index (χ0n) is 13.6. The van der Waals surface area contributed by atoms with Crippen molar-refractivity contribution in [2.45, 2.75) is 37.5 Å². The van der Waals surface area contributed by atoms with E-state index >= 15 is 0 Å². The molecule has 0 aliphatic carbocycles. The Morgan fingerprint density at radius 2 is 2.12 bits per heavy atom. The minimum Gasteiger partial charge on any atom is -0.489 e. The molecule has 0 radical (unpaired) electrons. The lowest BCUT2D eigenvalue weighted by Crippen LogP contribution is -2.47. The number of hydrogen-bond acceptors (Lipinski definition) is 5. The number of nitrogen functional groups attached to an aromatic ring is 1. The van der Waals surface area contributed by atoms with E-state index in [1.54, 1.807) is 18.2 Å². The maximum atomic E-state index is 12.5. The quantitative estimate of drug-likeness (QED) is 0.460. The summed E-state index contributed by atoms with van der Waals surface area (Å²) in [7, 11) is 0. The number of hydrogen-bond donors (Lipinski definition) is 4. The number of amides is 1. The molecule has 0 aromatic heterocycles. The number of piperidine rings is 1. The van der Waals surface area contributed by atoms with Gasteiger partial charge in [0.05, 0.1) is 12.1 Å². The highest BCUT2D eigenvalue weighted by molar-refractivity contribution is 5.95. The van der Waals surface area contributed by atoms with Crippen LogP contribution in [0.1, 0.15) is 24.8 Å². The number of nitrogens with one attached hydrogen (secondary N) is 2. The Bertz CT molecular complexity index is 614. The van der Waals surface area contributed by atoms with Crippen LogP contribution in [0.2, 0.25) is 0 Å². The summed E-state index contributed by atoms with van der Waals surface area (Å²) in [4.78, 5) is 14.4. The third-order valence-corrected chi connectivity index (χ3v) is 4.61. The van der Waals surface area contributed by atoms with E-state index in [9.17, 15) is 9.90 Å². The fourth-order valence-corrected chi connectivity index (χ4v) is 3.22. The molecule has 7 nitrogen and oxygen atoms in total. The van der Waals surface area contributed by atoms with Gasteiger partial charge in [-0.3, -0.25) is 10.2 Å². The number of ether oxygens (including phenoxy) is 1. The highest BCUT2D eigenvalue weighted by atomic mass is 16.5. The molecule has 24 heavy (non-hydrogen) atoms. The first kappa shape index (κ1) is 16.7. The number of rotatable bonds is 4. The van der Waals surface area contributed by atoms with Gasteiger partial charge in [0.2, 0.25) is 5.91 Å². The summed E-state index contributed by atoms with van der Waals surface area (Å²) in [6.45, 7) is 1.84. The van der Waals surface area contributed by atoms with Gasteiger partial charge in [0, 0.05) is 31.6 Å². The third-order valence-electron chi connectivity index (χ3n) is 4.61. The van der Waals surface area contributed by atoms with Crippen molar-refractivity contribution >= 4 is 11.7 Å².